The van der Waals surface area contributed by atoms with Crippen LogP contribution >= 0.6 is 0 Å². The molecule has 11 heteroatoms. The fraction of sp³-hybridized carbons (Fsp3) is 0.821. The standard InChI is InChI=1S/C78H141NO10/c1-3-5-7-9-11-13-15-16-38-41-45-48-52-56-60-64-71(81)70(69-88-78-77(86)76(85)75(84)72(68-80)89-78)79-73(82)65-61-57-53-49-46-42-39-36-34-32-30-28-26-24-22-20-18-17-19-21-23-25-27-29-31-33-35-37-40-43-47-51-55-59-63-67-87-74(83)66-62-58-54-50-44-14-12-10-8-6-4-2/h10,12,15-16,19,21,25,27,45,48,60,64,70-72,75-78,80-81,84-86H,3-9,11,13-14,17-18,20,22-24,26,28-44,46-47,49-59,61-63,65-69H2,1-2H3,(H,79,82)/b12-10-,16-15+,21-19-,27-25-,48-45+,64-60+. The fourth-order valence-electron chi connectivity index (χ4n) is 11.5. The van der Waals surface area contributed by atoms with Crippen LogP contribution in [0.25, 0.3) is 0 Å². The predicted molar refractivity (Wildman–Crippen MR) is 375 cm³/mol. The number of allylic oxidation sites excluding steroid dienone is 11. The number of carbonyl (C=O) groups excluding carboxylic acids is 2. The van der Waals surface area contributed by atoms with Gasteiger partial charge < -0.3 is 45.1 Å². The number of hydrogen-bond donors (Lipinski definition) is 6. The molecular weight excluding hydrogens is 1110 g/mol. The number of esters is 1. The third-order valence-electron chi connectivity index (χ3n) is 17.5. The molecule has 1 fully saturated rings. The summed E-state index contributed by atoms with van der Waals surface area (Å²) in [6, 6.07) is -0.835. The third-order valence-corrected chi connectivity index (χ3v) is 17.5. The second-order valence-corrected chi connectivity index (χ2v) is 26.0. The molecule has 7 unspecified atom stereocenters. The molecule has 0 aromatic carbocycles. The van der Waals surface area contributed by atoms with Gasteiger partial charge in [0.25, 0.3) is 0 Å². The van der Waals surface area contributed by atoms with Crippen molar-refractivity contribution in [2.45, 2.75) is 391 Å². The number of carbonyl (C=O) groups is 2. The average molecular weight is 1250 g/mol. The van der Waals surface area contributed by atoms with Gasteiger partial charge in [0.05, 0.1) is 32.0 Å². The lowest BCUT2D eigenvalue weighted by atomic mass is 9.99. The number of rotatable bonds is 66. The van der Waals surface area contributed by atoms with Gasteiger partial charge >= 0.3 is 5.97 Å². The first kappa shape index (κ1) is 84.1. The molecule has 1 heterocycles. The van der Waals surface area contributed by atoms with E-state index in [2.05, 4.69) is 79.9 Å². The van der Waals surface area contributed by atoms with Crippen molar-refractivity contribution < 1.29 is 49.3 Å². The Hall–Kier alpha value is -2.90. The summed E-state index contributed by atoms with van der Waals surface area (Å²) in [6.45, 7) is 4.30. The van der Waals surface area contributed by atoms with E-state index in [0.717, 1.165) is 77.0 Å². The molecule has 0 bridgehead atoms. The van der Waals surface area contributed by atoms with E-state index in [-0.39, 0.29) is 18.5 Å². The molecule has 1 saturated heterocycles. The van der Waals surface area contributed by atoms with E-state index in [9.17, 15) is 35.1 Å². The van der Waals surface area contributed by atoms with Crippen LogP contribution in [0.4, 0.5) is 0 Å². The Bertz CT molecular complexity index is 1710. The topological polar surface area (TPSA) is 175 Å². The maximum Gasteiger partial charge on any atom is 0.305 e. The molecule has 1 rings (SSSR count). The smallest absolute Gasteiger partial charge is 0.305 e. The number of unbranched alkanes of at least 4 members (excludes halogenated alkanes) is 42. The zero-order chi connectivity index (χ0) is 64.4. The maximum atomic E-state index is 13.1. The molecule has 0 aromatic heterocycles. The third kappa shape index (κ3) is 55.3. The van der Waals surface area contributed by atoms with Gasteiger partial charge in [0.2, 0.25) is 5.91 Å². The second kappa shape index (κ2) is 66.6. The molecule has 0 radical (unpaired) electrons. The average Bonchev–Trinajstić information content (AvgIpc) is 3.71. The van der Waals surface area contributed by atoms with E-state index in [4.69, 9.17) is 14.2 Å². The Morgan fingerprint density at radius 2 is 0.775 bits per heavy atom. The van der Waals surface area contributed by atoms with E-state index in [1.165, 1.54) is 244 Å². The van der Waals surface area contributed by atoms with Crippen molar-refractivity contribution in [1.82, 2.24) is 5.32 Å². The van der Waals surface area contributed by atoms with Crippen molar-refractivity contribution in [2.24, 2.45) is 0 Å². The van der Waals surface area contributed by atoms with Crippen molar-refractivity contribution in [3.63, 3.8) is 0 Å². The minimum absolute atomic E-state index is 0.00167. The van der Waals surface area contributed by atoms with Gasteiger partial charge in [-0.15, -0.1) is 0 Å². The number of nitrogens with one attached hydrogen (secondary N) is 1. The SMILES string of the molecule is CCCC/C=C\CCCCCCCC(=O)OCCCCCCCCCCCCC/C=C\C/C=C\CCCCCCCCCCCCCCCCCCCC(=O)NC(COC1OC(CO)C(O)C(O)C1O)C(O)/C=C/CC/C=C/CC/C=C/CCCCCCC. The lowest BCUT2D eigenvalue weighted by Gasteiger charge is -2.40. The van der Waals surface area contributed by atoms with Crippen molar-refractivity contribution in [3.05, 3.63) is 72.9 Å². The molecule has 7 atom stereocenters. The summed E-state index contributed by atoms with van der Waals surface area (Å²) < 4.78 is 16.7. The van der Waals surface area contributed by atoms with E-state index in [1.54, 1.807) is 6.08 Å². The Kier molecular flexibility index (Phi) is 62.9. The van der Waals surface area contributed by atoms with Gasteiger partial charge in [-0.25, -0.2) is 0 Å². The highest BCUT2D eigenvalue weighted by molar-refractivity contribution is 5.76. The van der Waals surface area contributed by atoms with Crippen LogP contribution in [0.2, 0.25) is 0 Å². The van der Waals surface area contributed by atoms with Crippen LogP contribution in [0.1, 0.15) is 348 Å². The van der Waals surface area contributed by atoms with Gasteiger partial charge in [-0.3, -0.25) is 9.59 Å². The van der Waals surface area contributed by atoms with Crippen molar-refractivity contribution in [3.8, 4) is 0 Å². The minimum Gasteiger partial charge on any atom is -0.466 e. The molecule has 518 valence electrons. The lowest BCUT2D eigenvalue weighted by molar-refractivity contribution is -0.302. The van der Waals surface area contributed by atoms with Crippen molar-refractivity contribution in [2.75, 3.05) is 19.8 Å². The van der Waals surface area contributed by atoms with Gasteiger partial charge in [-0.1, -0.05) is 299 Å². The first-order valence-electron chi connectivity index (χ1n) is 37.7. The van der Waals surface area contributed by atoms with Gasteiger partial charge in [0.1, 0.15) is 24.4 Å². The Morgan fingerprint density at radius 3 is 1.21 bits per heavy atom. The van der Waals surface area contributed by atoms with E-state index in [0.29, 0.717) is 19.4 Å². The molecule has 0 spiro atoms. The Morgan fingerprint density at radius 1 is 0.416 bits per heavy atom. The second-order valence-electron chi connectivity index (χ2n) is 26.0. The lowest BCUT2D eigenvalue weighted by Crippen LogP contribution is -2.60. The summed E-state index contributed by atoms with van der Waals surface area (Å²) in [4.78, 5) is 25.1. The van der Waals surface area contributed by atoms with Gasteiger partial charge in [0, 0.05) is 12.8 Å². The highest BCUT2D eigenvalue weighted by Gasteiger charge is 2.44. The molecule has 0 aliphatic carbocycles. The van der Waals surface area contributed by atoms with Gasteiger partial charge in [0.15, 0.2) is 6.29 Å². The monoisotopic (exact) mass is 1250 g/mol. The maximum absolute atomic E-state index is 13.1. The van der Waals surface area contributed by atoms with E-state index < -0.39 is 49.5 Å². The van der Waals surface area contributed by atoms with Crippen LogP contribution in [0.5, 0.6) is 0 Å². The highest BCUT2D eigenvalue weighted by atomic mass is 16.7. The molecule has 1 aliphatic heterocycles. The first-order chi connectivity index (χ1) is 43.7. The number of aliphatic hydroxyl groups is 5. The summed E-state index contributed by atoms with van der Waals surface area (Å²) >= 11 is 0. The molecule has 1 amide bonds. The Labute approximate surface area is 547 Å². The Balaban J connectivity index is 1.98. The number of hydrogen-bond acceptors (Lipinski definition) is 10. The zero-order valence-corrected chi connectivity index (χ0v) is 57.6. The molecular formula is C78H141NO10. The fourth-order valence-corrected chi connectivity index (χ4v) is 11.5. The quantitative estimate of drug-likeness (QED) is 0.0195. The van der Waals surface area contributed by atoms with Gasteiger partial charge in [-0.2, -0.15) is 0 Å². The molecule has 6 N–H and O–H groups in total. The van der Waals surface area contributed by atoms with E-state index in [1.807, 2.05) is 6.08 Å². The minimum atomic E-state index is -1.58. The molecule has 0 saturated carbocycles. The van der Waals surface area contributed by atoms with Crippen LogP contribution in [0, 0.1) is 0 Å². The van der Waals surface area contributed by atoms with E-state index >= 15 is 0 Å². The summed E-state index contributed by atoms with van der Waals surface area (Å²) in [5, 5.41) is 54.6. The van der Waals surface area contributed by atoms with Gasteiger partial charge in [-0.05, 0) is 109 Å². The molecule has 0 aromatic rings. The van der Waals surface area contributed by atoms with Crippen LogP contribution < -0.4 is 5.32 Å². The summed E-state index contributed by atoms with van der Waals surface area (Å²) in [6.07, 6.45) is 80.5. The number of ether oxygens (including phenoxy) is 3. The highest BCUT2D eigenvalue weighted by Crippen LogP contribution is 2.23. The normalized spacial score (nSPS) is 18.1. The number of aliphatic hydroxyl groups excluding tert-OH is 5. The summed E-state index contributed by atoms with van der Waals surface area (Å²) in [5.41, 5.74) is 0. The van der Waals surface area contributed by atoms with Crippen LogP contribution in [-0.4, -0.2) is 100 Å². The van der Waals surface area contributed by atoms with Crippen LogP contribution in [0.3, 0.4) is 0 Å². The summed E-state index contributed by atoms with van der Waals surface area (Å²) in [5.74, 6) is -0.195. The van der Waals surface area contributed by atoms with Crippen molar-refractivity contribution >= 4 is 11.9 Å². The predicted octanol–water partition coefficient (Wildman–Crippen LogP) is 19.9. The van der Waals surface area contributed by atoms with Crippen LogP contribution in [0.15, 0.2) is 72.9 Å². The summed E-state index contributed by atoms with van der Waals surface area (Å²) in [7, 11) is 0. The van der Waals surface area contributed by atoms with Crippen molar-refractivity contribution in [1.29, 1.82) is 0 Å². The number of amides is 1. The van der Waals surface area contributed by atoms with Crippen LogP contribution in [-0.2, 0) is 23.8 Å². The molecule has 89 heavy (non-hydrogen) atoms. The first-order valence-corrected chi connectivity index (χ1v) is 37.7. The molecule has 1 aliphatic rings. The largest absolute Gasteiger partial charge is 0.466 e. The molecule has 11 nitrogen and oxygen atoms in total. The zero-order valence-electron chi connectivity index (χ0n) is 57.6.